The first-order valence-corrected chi connectivity index (χ1v) is 7.29. The van der Waals surface area contributed by atoms with E-state index in [0.717, 1.165) is 4.68 Å². The van der Waals surface area contributed by atoms with E-state index in [1.807, 2.05) is 6.92 Å². The number of hydrogen-bond donors (Lipinski definition) is 1. The van der Waals surface area contributed by atoms with Gasteiger partial charge in [0.15, 0.2) is 0 Å². The molecule has 0 spiro atoms. The standard InChI is InChI=1S/C12H13BrF3N5O2/c1-2-21-10(9(13)4-18-21)11(22)19-8-3-17-20(5-8)7-23-6-12(14,15)16/h3-5H,2,6-7H2,1H3,(H,19,22). The van der Waals surface area contributed by atoms with Crippen molar-refractivity contribution in [3.05, 3.63) is 28.8 Å². The molecule has 2 heterocycles. The van der Waals surface area contributed by atoms with Crippen LogP contribution in [0.1, 0.15) is 17.4 Å². The predicted molar refractivity (Wildman–Crippen MR) is 77.8 cm³/mol. The molecule has 0 fully saturated rings. The molecule has 0 saturated carbocycles. The molecule has 0 radical (unpaired) electrons. The summed E-state index contributed by atoms with van der Waals surface area (Å²) < 4.78 is 43.6. The van der Waals surface area contributed by atoms with Crippen molar-refractivity contribution < 1.29 is 22.7 Å². The number of amides is 1. The molecular formula is C12H13BrF3N5O2. The Morgan fingerprint density at radius 3 is 2.78 bits per heavy atom. The SMILES string of the molecule is CCn1ncc(Br)c1C(=O)Nc1cnn(COCC(F)(F)F)c1. The van der Waals surface area contributed by atoms with E-state index in [9.17, 15) is 18.0 Å². The second-order valence-corrected chi connectivity index (χ2v) is 5.33. The largest absolute Gasteiger partial charge is 0.411 e. The summed E-state index contributed by atoms with van der Waals surface area (Å²) in [6.07, 6.45) is -0.202. The lowest BCUT2D eigenvalue weighted by Gasteiger charge is -2.07. The Morgan fingerprint density at radius 1 is 1.39 bits per heavy atom. The summed E-state index contributed by atoms with van der Waals surface area (Å²) in [6.45, 7) is 0.619. The van der Waals surface area contributed by atoms with Gasteiger partial charge in [-0.05, 0) is 22.9 Å². The third-order valence-electron chi connectivity index (χ3n) is 2.69. The number of rotatable bonds is 6. The van der Waals surface area contributed by atoms with Crippen molar-refractivity contribution in [2.24, 2.45) is 0 Å². The highest BCUT2D eigenvalue weighted by Crippen LogP contribution is 2.18. The lowest BCUT2D eigenvalue weighted by molar-refractivity contribution is -0.182. The maximum Gasteiger partial charge on any atom is 0.411 e. The summed E-state index contributed by atoms with van der Waals surface area (Å²) >= 11 is 3.24. The van der Waals surface area contributed by atoms with Crippen LogP contribution >= 0.6 is 15.9 Å². The minimum absolute atomic E-state index is 0.335. The van der Waals surface area contributed by atoms with Crippen molar-refractivity contribution in [1.29, 1.82) is 0 Å². The van der Waals surface area contributed by atoms with Crippen LogP contribution in [0.3, 0.4) is 0 Å². The molecule has 2 rings (SSSR count). The molecule has 1 N–H and O–H groups in total. The van der Waals surface area contributed by atoms with Gasteiger partial charge in [-0.3, -0.25) is 9.48 Å². The van der Waals surface area contributed by atoms with E-state index in [-0.39, 0.29) is 6.73 Å². The van der Waals surface area contributed by atoms with Gasteiger partial charge >= 0.3 is 6.18 Å². The number of halogens is 4. The number of hydrogen-bond acceptors (Lipinski definition) is 4. The van der Waals surface area contributed by atoms with Gasteiger partial charge in [-0.15, -0.1) is 0 Å². The number of carbonyl (C=O) groups excluding carboxylic acids is 1. The zero-order chi connectivity index (χ0) is 17.0. The fourth-order valence-electron chi connectivity index (χ4n) is 1.77. The van der Waals surface area contributed by atoms with E-state index in [1.165, 1.54) is 23.3 Å². The lowest BCUT2D eigenvalue weighted by Crippen LogP contribution is -2.18. The van der Waals surface area contributed by atoms with Crippen molar-refractivity contribution in [2.75, 3.05) is 11.9 Å². The summed E-state index contributed by atoms with van der Waals surface area (Å²) in [4.78, 5) is 12.2. The zero-order valence-corrected chi connectivity index (χ0v) is 13.6. The normalized spacial score (nSPS) is 11.7. The summed E-state index contributed by atoms with van der Waals surface area (Å²) in [6, 6.07) is 0. The molecule has 2 aromatic heterocycles. The molecule has 0 unspecified atom stereocenters. The Labute approximate surface area is 137 Å². The van der Waals surface area contributed by atoms with Crippen molar-refractivity contribution >= 4 is 27.5 Å². The van der Waals surface area contributed by atoms with Crippen LogP contribution in [0.4, 0.5) is 18.9 Å². The summed E-state index contributed by atoms with van der Waals surface area (Å²) in [7, 11) is 0. The van der Waals surface area contributed by atoms with Crippen LogP contribution in [0.25, 0.3) is 0 Å². The quantitative estimate of drug-likeness (QED) is 0.815. The van der Waals surface area contributed by atoms with Gasteiger partial charge in [-0.25, -0.2) is 4.68 Å². The van der Waals surface area contributed by atoms with Crippen molar-refractivity contribution in [3.63, 3.8) is 0 Å². The molecular weight excluding hydrogens is 383 g/mol. The Balaban J connectivity index is 1.96. The first kappa shape index (κ1) is 17.5. The third kappa shape index (κ3) is 4.79. The van der Waals surface area contributed by atoms with Gasteiger partial charge in [-0.1, -0.05) is 0 Å². The van der Waals surface area contributed by atoms with Crippen LogP contribution in [-0.2, 0) is 18.0 Å². The predicted octanol–water partition coefficient (Wildman–Crippen LogP) is 2.65. The monoisotopic (exact) mass is 395 g/mol. The van der Waals surface area contributed by atoms with Gasteiger partial charge in [0.05, 0.1) is 28.8 Å². The molecule has 0 saturated heterocycles. The summed E-state index contributed by atoms with van der Waals surface area (Å²) in [5, 5.41) is 10.4. The minimum atomic E-state index is -4.39. The fourth-order valence-corrected chi connectivity index (χ4v) is 2.25. The first-order valence-electron chi connectivity index (χ1n) is 6.49. The Hall–Kier alpha value is -1.88. The smallest absolute Gasteiger partial charge is 0.350 e. The molecule has 0 aliphatic heterocycles. The van der Waals surface area contributed by atoms with E-state index in [0.29, 0.717) is 22.4 Å². The van der Waals surface area contributed by atoms with E-state index < -0.39 is 18.7 Å². The van der Waals surface area contributed by atoms with E-state index in [2.05, 4.69) is 36.2 Å². The maximum atomic E-state index is 12.2. The van der Waals surface area contributed by atoms with Gasteiger partial charge in [0.2, 0.25) is 0 Å². The Kier molecular flexibility index (Phi) is 5.42. The number of aromatic nitrogens is 4. The van der Waals surface area contributed by atoms with Crippen LogP contribution in [0.5, 0.6) is 0 Å². The highest BCUT2D eigenvalue weighted by atomic mass is 79.9. The van der Waals surface area contributed by atoms with Gasteiger partial charge in [0, 0.05) is 6.54 Å². The Morgan fingerprint density at radius 2 is 2.13 bits per heavy atom. The molecule has 7 nitrogen and oxygen atoms in total. The highest BCUT2D eigenvalue weighted by molar-refractivity contribution is 9.10. The highest BCUT2D eigenvalue weighted by Gasteiger charge is 2.27. The molecule has 11 heteroatoms. The molecule has 23 heavy (non-hydrogen) atoms. The van der Waals surface area contributed by atoms with Crippen molar-refractivity contribution in [1.82, 2.24) is 19.6 Å². The van der Waals surface area contributed by atoms with Crippen molar-refractivity contribution in [2.45, 2.75) is 26.4 Å². The fraction of sp³-hybridized carbons (Fsp3) is 0.417. The number of anilines is 1. The number of aryl methyl sites for hydroxylation is 1. The molecule has 126 valence electrons. The van der Waals surface area contributed by atoms with Crippen molar-refractivity contribution in [3.8, 4) is 0 Å². The van der Waals surface area contributed by atoms with Crippen LogP contribution in [0.2, 0.25) is 0 Å². The van der Waals surface area contributed by atoms with Gasteiger partial charge in [0.25, 0.3) is 5.91 Å². The first-order chi connectivity index (χ1) is 10.8. The molecule has 0 bridgehead atoms. The number of ether oxygens (including phenoxy) is 1. The molecule has 0 aliphatic rings. The molecule has 0 aliphatic carbocycles. The summed E-state index contributed by atoms with van der Waals surface area (Å²) in [5.74, 6) is -0.410. The number of carbonyl (C=O) groups is 1. The van der Waals surface area contributed by atoms with E-state index in [4.69, 9.17) is 0 Å². The van der Waals surface area contributed by atoms with Crippen LogP contribution in [0, 0.1) is 0 Å². The van der Waals surface area contributed by atoms with Gasteiger partial charge in [0.1, 0.15) is 19.0 Å². The molecule has 0 aromatic carbocycles. The van der Waals surface area contributed by atoms with Crippen LogP contribution in [-0.4, -0.2) is 38.3 Å². The minimum Gasteiger partial charge on any atom is -0.350 e. The van der Waals surface area contributed by atoms with Crippen LogP contribution in [0.15, 0.2) is 23.1 Å². The van der Waals surface area contributed by atoms with E-state index >= 15 is 0 Å². The van der Waals surface area contributed by atoms with Gasteiger partial charge in [-0.2, -0.15) is 23.4 Å². The maximum absolute atomic E-state index is 12.2. The molecule has 1 amide bonds. The molecule has 2 aromatic rings. The third-order valence-corrected chi connectivity index (χ3v) is 3.27. The Bertz CT molecular complexity index is 683. The average molecular weight is 396 g/mol. The van der Waals surface area contributed by atoms with Crippen LogP contribution < -0.4 is 5.32 Å². The number of nitrogens with one attached hydrogen (secondary N) is 1. The second kappa shape index (κ2) is 7.13. The summed E-state index contributed by atoms with van der Waals surface area (Å²) in [5.41, 5.74) is 0.676. The second-order valence-electron chi connectivity index (χ2n) is 4.47. The lowest BCUT2D eigenvalue weighted by atomic mass is 10.4. The number of nitrogens with zero attached hydrogens (tertiary/aromatic N) is 4. The molecule has 0 atom stereocenters. The van der Waals surface area contributed by atoms with E-state index in [1.54, 1.807) is 0 Å². The zero-order valence-electron chi connectivity index (χ0n) is 12.0. The topological polar surface area (TPSA) is 74.0 Å². The van der Waals surface area contributed by atoms with Gasteiger partial charge < -0.3 is 10.1 Å². The average Bonchev–Trinajstić information content (AvgIpc) is 3.03. The number of alkyl halides is 3.